The number of carbonyl (C=O) groups is 2. The van der Waals surface area contributed by atoms with E-state index in [1.54, 1.807) is 6.92 Å². The van der Waals surface area contributed by atoms with Gasteiger partial charge in [-0.15, -0.1) is 0 Å². The topological polar surface area (TPSA) is 60.3 Å². The Kier molecular flexibility index (Phi) is 4.40. The lowest BCUT2D eigenvalue weighted by atomic mass is 10.2. The lowest BCUT2D eigenvalue weighted by molar-refractivity contribution is -0.142. The van der Waals surface area contributed by atoms with Gasteiger partial charge < -0.3 is 14.6 Å². The Balaban J connectivity index is 2.01. The molecule has 1 N–H and O–H groups in total. The van der Waals surface area contributed by atoms with Gasteiger partial charge in [0.2, 0.25) is 0 Å². The van der Waals surface area contributed by atoms with Crippen LogP contribution >= 0.6 is 0 Å². The van der Waals surface area contributed by atoms with Crippen LogP contribution in [0.2, 0.25) is 0 Å². The summed E-state index contributed by atoms with van der Waals surface area (Å²) in [5, 5.41) is 3.75. The summed E-state index contributed by atoms with van der Waals surface area (Å²) in [5.41, 5.74) is 1.58. The van der Waals surface area contributed by atoms with Gasteiger partial charge in [-0.05, 0) is 19.1 Å². The number of fused-ring (bicyclic) bond motifs is 1. The third-order valence-corrected chi connectivity index (χ3v) is 3.10. The van der Waals surface area contributed by atoms with Crippen molar-refractivity contribution in [3.05, 3.63) is 36.0 Å². The molecule has 0 aliphatic rings. The molecule has 0 saturated carbocycles. The molecule has 0 fully saturated rings. The van der Waals surface area contributed by atoms with Crippen molar-refractivity contribution in [2.75, 3.05) is 13.2 Å². The standard InChI is InChI=1S/C15H18N2O3/c1-3-20-14(18)8-9-16-15(19)13-10-11-6-4-5-7-12(11)17(13)2/h4-7,10H,3,8-9H2,1-2H3,(H,16,19). The first-order chi connectivity index (χ1) is 9.63. The normalized spacial score (nSPS) is 10.5. The number of aromatic nitrogens is 1. The van der Waals surface area contributed by atoms with E-state index in [0.717, 1.165) is 10.9 Å². The fraction of sp³-hybridized carbons (Fsp3) is 0.333. The van der Waals surface area contributed by atoms with Crippen LogP contribution in [0, 0.1) is 0 Å². The molecule has 1 heterocycles. The number of hydrogen-bond acceptors (Lipinski definition) is 3. The van der Waals surface area contributed by atoms with Crippen molar-refractivity contribution < 1.29 is 14.3 Å². The van der Waals surface area contributed by atoms with Gasteiger partial charge in [-0.3, -0.25) is 9.59 Å². The molecule has 0 atom stereocenters. The summed E-state index contributed by atoms with van der Waals surface area (Å²) in [7, 11) is 1.85. The van der Waals surface area contributed by atoms with Crippen molar-refractivity contribution in [3.63, 3.8) is 0 Å². The van der Waals surface area contributed by atoms with E-state index in [2.05, 4.69) is 5.32 Å². The van der Waals surface area contributed by atoms with Gasteiger partial charge in [0.25, 0.3) is 5.91 Å². The first-order valence-corrected chi connectivity index (χ1v) is 6.61. The van der Waals surface area contributed by atoms with Crippen LogP contribution in [-0.2, 0) is 16.6 Å². The molecule has 1 aromatic heterocycles. The predicted octanol–water partition coefficient (Wildman–Crippen LogP) is 1.86. The number of nitrogens with zero attached hydrogens (tertiary/aromatic N) is 1. The van der Waals surface area contributed by atoms with Gasteiger partial charge in [0.15, 0.2) is 0 Å². The Hall–Kier alpha value is -2.30. The zero-order chi connectivity index (χ0) is 14.5. The average Bonchev–Trinajstić information content (AvgIpc) is 2.77. The molecule has 0 aliphatic heterocycles. The van der Waals surface area contributed by atoms with Crippen molar-refractivity contribution in [1.82, 2.24) is 9.88 Å². The molecule has 0 radical (unpaired) electrons. The summed E-state index contributed by atoms with van der Waals surface area (Å²) in [6.45, 7) is 2.39. The summed E-state index contributed by atoms with van der Waals surface area (Å²) in [6, 6.07) is 9.64. The summed E-state index contributed by atoms with van der Waals surface area (Å²) in [5.74, 6) is -0.488. The van der Waals surface area contributed by atoms with Crippen molar-refractivity contribution in [2.24, 2.45) is 7.05 Å². The molecule has 0 spiro atoms. The number of aryl methyl sites for hydroxylation is 1. The SMILES string of the molecule is CCOC(=O)CCNC(=O)c1cc2ccccc2n1C. The maximum absolute atomic E-state index is 12.1. The number of benzene rings is 1. The molecule has 106 valence electrons. The highest BCUT2D eigenvalue weighted by Gasteiger charge is 2.13. The molecular weight excluding hydrogens is 256 g/mol. The Labute approximate surface area is 117 Å². The fourth-order valence-electron chi connectivity index (χ4n) is 2.11. The Morgan fingerprint density at radius 1 is 1.30 bits per heavy atom. The van der Waals surface area contributed by atoms with Gasteiger partial charge in [-0.2, -0.15) is 0 Å². The summed E-state index contributed by atoms with van der Waals surface area (Å²) in [4.78, 5) is 23.3. The minimum absolute atomic E-state index is 0.184. The maximum atomic E-state index is 12.1. The third kappa shape index (κ3) is 2.99. The van der Waals surface area contributed by atoms with E-state index in [0.29, 0.717) is 12.3 Å². The van der Waals surface area contributed by atoms with Crippen molar-refractivity contribution in [2.45, 2.75) is 13.3 Å². The van der Waals surface area contributed by atoms with E-state index in [4.69, 9.17) is 4.74 Å². The molecule has 0 bridgehead atoms. The van der Waals surface area contributed by atoms with Gasteiger partial charge in [-0.25, -0.2) is 0 Å². The number of esters is 1. The van der Waals surface area contributed by atoms with E-state index >= 15 is 0 Å². The van der Waals surface area contributed by atoms with Gasteiger partial charge in [0, 0.05) is 24.5 Å². The Morgan fingerprint density at radius 2 is 2.05 bits per heavy atom. The lowest BCUT2D eigenvalue weighted by Gasteiger charge is -2.06. The summed E-state index contributed by atoms with van der Waals surface area (Å²) in [6.07, 6.45) is 0.184. The van der Waals surface area contributed by atoms with Crippen molar-refractivity contribution in [3.8, 4) is 0 Å². The second-order valence-corrected chi connectivity index (χ2v) is 4.46. The van der Waals surface area contributed by atoms with Crippen LogP contribution < -0.4 is 5.32 Å². The van der Waals surface area contributed by atoms with E-state index in [1.165, 1.54) is 0 Å². The zero-order valence-electron chi connectivity index (χ0n) is 11.7. The molecule has 0 unspecified atom stereocenters. The second-order valence-electron chi connectivity index (χ2n) is 4.46. The number of nitrogens with one attached hydrogen (secondary N) is 1. The fourth-order valence-corrected chi connectivity index (χ4v) is 2.11. The van der Waals surface area contributed by atoms with E-state index < -0.39 is 0 Å². The highest BCUT2D eigenvalue weighted by Crippen LogP contribution is 2.17. The molecule has 0 saturated heterocycles. The minimum atomic E-state index is -0.301. The van der Waals surface area contributed by atoms with Gasteiger partial charge in [-0.1, -0.05) is 18.2 Å². The molecular formula is C15H18N2O3. The van der Waals surface area contributed by atoms with Crippen LogP contribution in [0.5, 0.6) is 0 Å². The molecule has 20 heavy (non-hydrogen) atoms. The van der Waals surface area contributed by atoms with Gasteiger partial charge >= 0.3 is 5.97 Å². The van der Waals surface area contributed by atoms with Crippen molar-refractivity contribution >= 4 is 22.8 Å². The molecule has 2 aromatic rings. The maximum Gasteiger partial charge on any atom is 0.307 e. The Morgan fingerprint density at radius 3 is 2.75 bits per heavy atom. The van der Waals surface area contributed by atoms with Gasteiger partial charge in [0.05, 0.1) is 13.0 Å². The number of rotatable bonds is 5. The first kappa shape index (κ1) is 14.1. The number of para-hydroxylation sites is 1. The average molecular weight is 274 g/mol. The molecule has 1 aromatic carbocycles. The highest BCUT2D eigenvalue weighted by molar-refractivity contribution is 5.98. The molecule has 2 rings (SSSR count). The minimum Gasteiger partial charge on any atom is -0.466 e. The second kappa shape index (κ2) is 6.23. The summed E-state index contributed by atoms with van der Waals surface area (Å²) >= 11 is 0. The number of hydrogen-bond donors (Lipinski definition) is 1. The highest BCUT2D eigenvalue weighted by atomic mass is 16.5. The van der Waals surface area contributed by atoms with Crippen LogP contribution in [0.1, 0.15) is 23.8 Å². The molecule has 5 heteroatoms. The smallest absolute Gasteiger partial charge is 0.307 e. The largest absolute Gasteiger partial charge is 0.466 e. The van der Waals surface area contributed by atoms with Crippen molar-refractivity contribution in [1.29, 1.82) is 0 Å². The van der Waals surface area contributed by atoms with Gasteiger partial charge in [0.1, 0.15) is 5.69 Å². The van der Waals surface area contributed by atoms with Crippen LogP contribution in [0.25, 0.3) is 10.9 Å². The monoisotopic (exact) mass is 274 g/mol. The van der Waals surface area contributed by atoms with Crippen LogP contribution in [0.15, 0.2) is 30.3 Å². The summed E-state index contributed by atoms with van der Waals surface area (Å²) < 4.78 is 6.65. The van der Waals surface area contributed by atoms with Crippen LogP contribution in [0.4, 0.5) is 0 Å². The molecule has 0 aliphatic carbocycles. The lowest BCUT2D eigenvalue weighted by Crippen LogP contribution is -2.28. The van der Waals surface area contributed by atoms with Crippen LogP contribution in [-0.4, -0.2) is 29.6 Å². The van der Waals surface area contributed by atoms with E-state index in [9.17, 15) is 9.59 Å². The molecule has 5 nitrogen and oxygen atoms in total. The van der Waals surface area contributed by atoms with E-state index in [1.807, 2.05) is 41.9 Å². The third-order valence-electron chi connectivity index (χ3n) is 3.10. The number of ether oxygens (including phenoxy) is 1. The van der Waals surface area contributed by atoms with E-state index in [-0.39, 0.29) is 24.8 Å². The quantitative estimate of drug-likeness (QED) is 0.847. The van der Waals surface area contributed by atoms with Crippen LogP contribution in [0.3, 0.4) is 0 Å². The zero-order valence-corrected chi connectivity index (χ0v) is 11.7. The number of amides is 1. The first-order valence-electron chi connectivity index (χ1n) is 6.61. The number of carbonyl (C=O) groups excluding carboxylic acids is 2. The molecule has 1 amide bonds. The predicted molar refractivity (Wildman–Crippen MR) is 76.5 cm³/mol. The Bertz CT molecular complexity index is 631.